The first-order valence-electron chi connectivity index (χ1n) is 3.18. The SMILES string of the molecule is COC(=O)c1cc(I)ccc1Cl. The Morgan fingerprint density at radius 1 is 1.58 bits per heavy atom. The second-order valence-electron chi connectivity index (χ2n) is 2.12. The lowest BCUT2D eigenvalue weighted by atomic mass is 10.2. The van der Waals surface area contributed by atoms with E-state index >= 15 is 0 Å². The van der Waals surface area contributed by atoms with Crippen LogP contribution in [0, 0.1) is 3.57 Å². The van der Waals surface area contributed by atoms with Gasteiger partial charge in [-0.15, -0.1) is 0 Å². The lowest BCUT2D eigenvalue weighted by Crippen LogP contribution is -2.02. The van der Waals surface area contributed by atoms with E-state index in [0.29, 0.717) is 10.6 Å². The first-order chi connectivity index (χ1) is 5.65. The molecule has 0 aliphatic heterocycles. The fraction of sp³-hybridized carbons (Fsp3) is 0.125. The third-order valence-electron chi connectivity index (χ3n) is 1.33. The average molecular weight is 296 g/mol. The Morgan fingerprint density at radius 3 is 2.83 bits per heavy atom. The van der Waals surface area contributed by atoms with Crippen LogP contribution in [0.4, 0.5) is 0 Å². The van der Waals surface area contributed by atoms with E-state index in [2.05, 4.69) is 27.3 Å². The van der Waals surface area contributed by atoms with Crippen molar-refractivity contribution in [2.45, 2.75) is 0 Å². The molecule has 0 amide bonds. The Balaban J connectivity index is 3.13. The van der Waals surface area contributed by atoms with E-state index < -0.39 is 5.97 Å². The molecule has 0 fully saturated rings. The molecule has 0 saturated carbocycles. The predicted octanol–water partition coefficient (Wildman–Crippen LogP) is 2.73. The molecule has 0 radical (unpaired) electrons. The van der Waals surface area contributed by atoms with Crippen molar-refractivity contribution >= 4 is 40.2 Å². The van der Waals surface area contributed by atoms with E-state index in [1.165, 1.54) is 7.11 Å². The first kappa shape index (κ1) is 9.80. The number of esters is 1. The Hall–Kier alpha value is -0.290. The van der Waals surface area contributed by atoms with Crippen molar-refractivity contribution in [1.29, 1.82) is 0 Å². The number of hydrogen-bond donors (Lipinski definition) is 0. The zero-order chi connectivity index (χ0) is 9.14. The van der Waals surface area contributed by atoms with Crippen LogP contribution in [-0.2, 0) is 4.74 Å². The molecular weight excluding hydrogens is 290 g/mol. The van der Waals surface area contributed by atoms with Gasteiger partial charge in [-0.3, -0.25) is 0 Å². The first-order valence-corrected chi connectivity index (χ1v) is 4.64. The second-order valence-corrected chi connectivity index (χ2v) is 3.77. The van der Waals surface area contributed by atoms with Crippen molar-refractivity contribution in [2.75, 3.05) is 7.11 Å². The summed E-state index contributed by atoms with van der Waals surface area (Å²) in [6.07, 6.45) is 0. The summed E-state index contributed by atoms with van der Waals surface area (Å²) < 4.78 is 5.50. The molecule has 0 atom stereocenters. The van der Waals surface area contributed by atoms with Crippen LogP contribution < -0.4 is 0 Å². The maximum absolute atomic E-state index is 11.1. The summed E-state index contributed by atoms with van der Waals surface area (Å²) in [5.74, 6) is -0.404. The summed E-state index contributed by atoms with van der Waals surface area (Å²) in [5, 5.41) is 0.419. The second kappa shape index (κ2) is 4.09. The standard InChI is InChI=1S/C8H6ClIO2/c1-12-8(11)6-4-5(10)2-3-7(6)9/h2-4H,1H3. The van der Waals surface area contributed by atoms with E-state index in [9.17, 15) is 4.79 Å². The van der Waals surface area contributed by atoms with Gasteiger partial charge in [-0.2, -0.15) is 0 Å². The van der Waals surface area contributed by atoms with Gasteiger partial charge in [0.25, 0.3) is 0 Å². The summed E-state index contributed by atoms with van der Waals surface area (Å²) in [4.78, 5) is 11.1. The maximum atomic E-state index is 11.1. The van der Waals surface area contributed by atoms with E-state index in [-0.39, 0.29) is 0 Å². The molecular formula is C8H6ClIO2. The number of ether oxygens (including phenoxy) is 1. The number of carbonyl (C=O) groups is 1. The van der Waals surface area contributed by atoms with Gasteiger partial charge >= 0.3 is 5.97 Å². The molecule has 2 nitrogen and oxygen atoms in total. The summed E-state index contributed by atoms with van der Waals surface area (Å²) in [6, 6.07) is 5.19. The van der Waals surface area contributed by atoms with Crippen molar-refractivity contribution in [2.24, 2.45) is 0 Å². The van der Waals surface area contributed by atoms with Crippen LogP contribution in [0.15, 0.2) is 18.2 Å². The number of benzene rings is 1. The van der Waals surface area contributed by atoms with Crippen LogP contribution in [0.2, 0.25) is 5.02 Å². The fourth-order valence-electron chi connectivity index (χ4n) is 0.764. The van der Waals surface area contributed by atoms with E-state index in [1.54, 1.807) is 12.1 Å². The van der Waals surface area contributed by atoms with Crippen LogP contribution in [0.1, 0.15) is 10.4 Å². The van der Waals surface area contributed by atoms with Gasteiger partial charge in [-0.05, 0) is 40.8 Å². The fourth-order valence-corrected chi connectivity index (χ4v) is 1.45. The minimum absolute atomic E-state index is 0.404. The Labute approximate surface area is 89.0 Å². The Kier molecular flexibility index (Phi) is 3.34. The average Bonchev–Trinajstić information content (AvgIpc) is 2.08. The Morgan fingerprint density at radius 2 is 2.25 bits per heavy atom. The van der Waals surface area contributed by atoms with Crippen LogP contribution in [0.3, 0.4) is 0 Å². The molecule has 1 aromatic carbocycles. The van der Waals surface area contributed by atoms with Gasteiger partial charge in [0.1, 0.15) is 0 Å². The summed E-state index contributed by atoms with van der Waals surface area (Å²) >= 11 is 7.87. The quantitative estimate of drug-likeness (QED) is 0.588. The molecule has 1 rings (SSSR count). The predicted molar refractivity (Wildman–Crippen MR) is 55.5 cm³/mol. The van der Waals surface area contributed by atoms with Crippen LogP contribution >= 0.6 is 34.2 Å². The van der Waals surface area contributed by atoms with Crippen molar-refractivity contribution in [1.82, 2.24) is 0 Å². The molecule has 0 aliphatic rings. The monoisotopic (exact) mass is 296 g/mol. The van der Waals surface area contributed by atoms with Crippen LogP contribution in [0.5, 0.6) is 0 Å². The van der Waals surface area contributed by atoms with E-state index in [1.807, 2.05) is 6.07 Å². The highest BCUT2D eigenvalue weighted by molar-refractivity contribution is 14.1. The maximum Gasteiger partial charge on any atom is 0.339 e. The van der Waals surface area contributed by atoms with Crippen molar-refractivity contribution in [3.63, 3.8) is 0 Å². The smallest absolute Gasteiger partial charge is 0.339 e. The van der Waals surface area contributed by atoms with E-state index in [0.717, 1.165) is 3.57 Å². The minimum atomic E-state index is -0.404. The number of rotatable bonds is 1. The van der Waals surface area contributed by atoms with Crippen molar-refractivity contribution in [3.8, 4) is 0 Å². The highest BCUT2D eigenvalue weighted by Gasteiger charge is 2.09. The number of methoxy groups -OCH3 is 1. The highest BCUT2D eigenvalue weighted by atomic mass is 127. The molecule has 0 spiro atoms. The molecule has 0 unspecified atom stereocenters. The molecule has 64 valence electrons. The number of carbonyl (C=O) groups excluding carboxylic acids is 1. The molecule has 0 aliphatic carbocycles. The summed E-state index contributed by atoms with van der Waals surface area (Å²) in [6.45, 7) is 0. The van der Waals surface area contributed by atoms with Gasteiger partial charge in [0, 0.05) is 3.57 Å². The highest BCUT2D eigenvalue weighted by Crippen LogP contribution is 2.19. The van der Waals surface area contributed by atoms with Crippen molar-refractivity contribution < 1.29 is 9.53 Å². The van der Waals surface area contributed by atoms with Gasteiger partial charge in [-0.25, -0.2) is 4.79 Å². The molecule has 12 heavy (non-hydrogen) atoms. The number of halogens is 2. The zero-order valence-electron chi connectivity index (χ0n) is 6.30. The lowest BCUT2D eigenvalue weighted by Gasteiger charge is -2.01. The van der Waals surface area contributed by atoms with Crippen LogP contribution in [0.25, 0.3) is 0 Å². The van der Waals surface area contributed by atoms with Gasteiger partial charge in [-0.1, -0.05) is 11.6 Å². The third-order valence-corrected chi connectivity index (χ3v) is 2.33. The van der Waals surface area contributed by atoms with Gasteiger partial charge in [0.05, 0.1) is 17.7 Å². The zero-order valence-corrected chi connectivity index (χ0v) is 9.22. The van der Waals surface area contributed by atoms with Gasteiger partial charge < -0.3 is 4.74 Å². The largest absolute Gasteiger partial charge is 0.465 e. The molecule has 0 N–H and O–H groups in total. The molecule has 0 aromatic heterocycles. The minimum Gasteiger partial charge on any atom is -0.465 e. The normalized spacial score (nSPS) is 9.58. The number of hydrogen-bond acceptors (Lipinski definition) is 2. The topological polar surface area (TPSA) is 26.3 Å². The molecule has 0 bridgehead atoms. The summed E-state index contributed by atoms with van der Waals surface area (Å²) in [7, 11) is 1.33. The van der Waals surface area contributed by atoms with Crippen LogP contribution in [-0.4, -0.2) is 13.1 Å². The lowest BCUT2D eigenvalue weighted by molar-refractivity contribution is 0.0601. The summed E-state index contributed by atoms with van der Waals surface area (Å²) in [5.41, 5.74) is 0.408. The molecule has 1 aromatic rings. The molecule has 4 heteroatoms. The van der Waals surface area contributed by atoms with Gasteiger partial charge in [0.2, 0.25) is 0 Å². The third kappa shape index (κ3) is 2.10. The van der Waals surface area contributed by atoms with Crippen molar-refractivity contribution in [3.05, 3.63) is 32.4 Å². The Bertz CT molecular complexity index is 312. The molecule has 0 saturated heterocycles. The molecule has 0 heterocycles. The van der Waals surface area contributed by atoms with Gasteiger partial charge in [0.15, 0.2) is 0 Å². The van der Waals surface area contributed by atoms with E-state index in [4.69, 9.17) is 11.6 Å².